The number of benzene rings is 3. The summed E-state index contributed by atoms with van der Waals surface area (Å²) in [5, 5.41) is 0. The molecule has 28 heavy (non-hydrogen) atoms. The highest BCUT2D eigenvalue weighted by atomic mass is 16.5. The van der Waals surface area contributed by atoms with Gasteiger partial charge in [-0.15, -0.1) is 0 Å². The van der Waals surface area contributed by atoms with Gasteiger partial charge >= 0.3 is 0 Å². The van der Waals surface area contributed by atoms with Crippen LogP contribution in [0, 0.1) is 0 Å². The first-order chi connectivity index (χ1) is 13.8. The minimum Gasteiger partial charge on any atom is -0.497 e. The van der Waals surface area contributed by atoms with Gasteiger partial charge in [-0.25, -0.2) is 0 Å². The molecule has 0 atom stereocenters. The van der Waals surface area contributed by atoms with Crippen LogP contribution in [0.15, 0.2) is 84.9 Å². The fraction of sp³-hybridized carbons (Fsp3) is 0.280. The first-order valence-electron chi connectivity index (χ1n) is 10.0. The Morgan fingerprint density at radius 1 is 0.714 bits per heavy atom. The van der Waals surface area contributed by atoms with Gasteiger partial charge in [0.05, 0.1) is 13.2 Å². The molecule has 0 aromatic heterocycles. The third kappa shape index (κ3) is 4.44. The molecule has 144 valence electrons. The summed E-state index contributed by atoms with van der Waals surface area (Å²) in [5.41, 5.74) is 4.09. The predicted octanol–water partition coefficient (Wildman–Crippen LogP) is 4.60. The lowest BCUT2D eigenvalue weighted by atomic mass is 9.96. The molecule has 0 unspecified atom stereocenters. The van der Waals surface area contributed by atoms with Crippen molar-refractivity contribution < 1.29 is 4.74 Å². The lowest BCUT2D eigenvalue weighted by Gasteiger charge is -2.39. The van der Waals surface area contributed by atoms with Crippen LogP contribution in [0.5, 0.6) is 5.75 Å². The maximum absolute atomic E-state index is 5.26. The summed E-state index contributed by atoms with van der Waals surface area (Å²) in [6.45, 7) is 5.32. The summed E-state index contributed by atoms with van der Waals surface area (Å²) < 4.78 is 5.26. The second-order valence-electron chi connectivity index (χ2n) is 7.38. The highest BCUT2D eigenvalue weighted by Gasteiger charge is 2.26. The van der Waals surface area contributed by atoms with E-state index in [1.807, 2.05) is 12.1 Å². The number of hydrogen-bond donors (Lipinski definition) is 0. The van der Waals surface area contributed by atoms with Crippen molar-refractivity contribution in [3.05, 3.63) is 102 Å². The van der Waals surface area contributed by atoms with Crippen molar-refractivity contribution in [1.29, 1.82) is 0 Å². The van der Waals surface area contributed by atoms with E-state index in [2.05, 4.69) is 82.6 Å². The fourth-order valence-corrected chi connectivity index (χ4v) is 4.05. The van der Waals surface area contributed by atoms with Crippen molar-refractivity contribution in [1.82, 2.24) is 9.80 Å². The molecule has 1 fully saturated rings. The van der Waals surface area contributed by atoms with Gasteiger partial charge in [0.15, 0.2) is 0 Å². The molecule has 4 rings (SSSR count). The van der Waals surface area contributed by atoms with Crippen LogP contribution in [0.1, 0.15) is 22.7 Å². The maximum Gasteiger partial charge on any atom is 0.118 e. The molecule has 1 aliphatic heterocycles. The van der Waals surface area contributed by atoms with Crippen LogP contribution in [0.2, 0.25) is 0 Å². The van der Waals surface area contributed by atoms with Crippen molar-refractivity contribution in [3.63, 3.8) is 0 Å². The lowest BCUT2D eigenvalue weighted by Crippen LogP contribution is -2.47. The van der Waals surface area contributed by atoms with Gasteiger partial charge in [-0.05, 0) is 28.8 Å². The number of hydrogen-bond acceptors (Lipinski definition) is 3. The van der Waals surface area contributed by atoms with Crippen molar-refractivity contribution in [3.8, 4) is 5.75 Å². The standard InChI is InChI=1S/C25H28N2O/c1-28-24-14-12-21(13-15-24)20-26-16-18-27(19-17-26)25(22-8-4-2-5-9-22)23-10-6-3-7-11-23/h2-15,25H,16-20H2,1H3. The van der Waals surface area contributed by atoms with Gasteiger partial charge in [0.1, 0.15) is 5.75 Å². The summed E-state index contributed by atoms with van der Waals surface area (Å²) in [6, 6.07) is 30.5. The van der Waals surface area contributed by atoms with Crippen molar-refractivity contribution in [2.24, 2.45) is 0 Å². The maximum atomic E-state index is 5.26. The Morgan fingerprint density at radius 3 is 1.75 bits per heavy atom. The molecule has 0 saturated carbocycles. The summed E-state index contributed by atoms with van der Waals surface area (Å²) in [4.78, 5) is 5.17. The molecule has 1 saturated heterocycles. The van der Waals surface area contributed by atoms with Crippen LogP contribution in [0.4, 0.5) is 0 Å². The molecule has 0 bridgehead atoms. The van der Waals surface area contributed by atoms with E-state index < -0.39 is 0 Å². The van der Waals surface area contributed by atoms with E-state index in [4.69, 9.17) is 4.74 Å². The Hall–Kier alpha value is -2.62. The van der Waals surface area contributed by atoms with E-state index in [1.165, 1.54) is 16.7 Å². The molecular weight excluding hydrogens is 344 g/mol. The van der Waals surface area contributed by atoms with Crippen molar-refractivity contribution in [2.45, 2.75) is 12.6 Å². The van der Waals surface area contributed by atoms with E-state index in [0.29, 0.717) is 6.04 Å². The first-order valence-corrected chi connectivity index (χ1v) is 10.0. The molecule has 0 amide bonds. The van der Waals surface area contributed by atoms with Crippen LogP contribution in [-0.4, -0.2) is 43.1 Å². The minimum absolute atomic E-state index is 0.325. The fourth-order valence-electron chi connectivity index (χ4n) is 4.05. The van der Waals surface area contributed by atoms with Crippen LogP contribution in [-0.2, 0) is 6.54 Å². The molecule has 3 aromatic rings. The third-order valence-corrected chi connectivity index (χ3v) is 5.57. The minimum atomic E-state index is 0.325. The summed E-state index contributed by atoms with van der Waals surface area (Å²) in [6.07, 6.45) is 0. The molecule has 3 nitrogen and oxygen atoms in total. The highest BCUT2D eigenvalue weighted by Crippen LogP contribution is 2.29. The number of methoxy groups -OCH3 is 1. The molecule has 1 aliphatic rings. The number of ether oxygens (including phenoxy) is 1. The second-order valence-corrected chi connectivity index (χ2v) is 7.38. The Morgan fingerprint density at radius 2 is 1.25 bits per heavy atom. The van der Waals surface area contributed by atoms with E-state index in [0.717, 1.165) is 38.5 Å². The Kier molecular flexibility index (Phi) is 6.05. The third-order valence-electron chi connectivity index (χ3n) is 5.57. The van der Waals surface area contributed by atoms with E-state index in [9.17, 15) is 0 Å². The molecule has 3 heteroatoms. The molecule has 1 heterocycles. The zero-order chi connectivity index (χ0) is 19.2. The first kappa shape index (κ1) is 18.7. The largest absolute Gasteiger partial charge is 0.497 e. The normalized spacial score (nSPS) is 15.6. The summed E-state index contributed by atoms with van der Waals surface area (Å²) >= 11 is 0. The average Bonchev–Trinajstić information content (AvgIpc) is 2.77. The van der Waals surface area contributed by atoms with Crippen LogP contribution in [0.3, 0.4) is 0 Å². The molecule has 0 aliphatic carbocycles. The quantitative estimate of drug-likeness (QED) is 0.629. The van der Waals surface area contributed by atoms with E-state index in [1.54, 1.807) is 7.11 Å². The second kappa shape index (κ2) is 9.05. The predicted molar refractivity (Wildman–Crippen MR) is 115 cm³/mol. The molecule has 0 spiro atoms. The van der Waals surface area contributed by atoms with Gasteiger partial charge in [-0.2, -0.15) is 0 Å². The topological polar surface area (TPSA) is 15.7 Å². The number of nitrogens with zero attached hydrogens (tertiary/aromatic N) is 2. The Balaban J connectivity index is 1.44. The van der Waals surface area contributed by atoms with Gasteiger partial charge in [0, 0.05) is 32.7 Å². The molecule has 3 aromatic carbocycles. The summed E-state index contributed by atoms with van der Waals surface area (Å²) in [5.74, 6) is 0.919. The monoisotopic (exact) mass is 372 g/mol. The Bertz CT molecular complexity index is 801. The number of rotatable bonds is 6. The highest BCUT2D eigenvalue weighted by molar-refractivity contribution is 5.32. The average molecular weight is 373 g/mol. The SMILES string of the molecule is COc1ccc(CN2CCN(C(c3ccccc3)c3ccccc3)CC2)cc1. The van der Waals surface area contributed by atoms with Gasteiger partial charge in [-0.1, -0.05) is 72.8 Å². The zero-order valence-corrected chi connectivity index (χ0v) is 16.5. The smallest absolute Gasteiger partial charge is 0.118 e. The molecular formula is C25H28N2O. The molecule has 0 N–H and O–H groups in total. The van der Waals surface area contributed by atoms with Gasteiger partial charge in [0.2, 0.25) is 0 Å². The summed E-state index contributed by atoms with van der Waals surface area (Å²) in [7, 11) is 1.71. The van der Waals surface area contributed by atoms with Crippen molar-refractivity contribution in [2.75, 3.05) is 33.3 Å². The molecule has 0 radical (unpaired) electrons. The van der Waals surface area contributed by atoms with Crippen LogP contribution >= 0.6 is 0 Å². The van der Waals surface area contributed by atoms with Crippen LogP contribution in [0.25, 0.3) is 0 Å². The zero-order valence-electron chi connectivity index (χ0n) is 16.5. The van der Waals surface area contributed by atoms with Gasteiger partial charge in [0.25, 0.3) is 0 Å². The van der Waals surface area contributed by atoms with E-state index in [-0.39, 0.29) is 0 Å². The van der Waals surface area contributed by atoms with Crippen LogP contribution < -0.4 is 4.74 Å². The van der Waals surface area contributed by atoms with E-state index >= 15 is 0 Å². The van der Waals surface area contributed by atoms with Gasteiger partial charge < -0.3 is 4.74 Å². The number of piperazine rings is 1. The van der Waals surface area contributed by atoms with Crippen molar-refractivity contribution >= 4 is 0 Å². The lowest BCUT2D eigenvalue weighted by molar-refractivity contribution is 0.105. The Labute approximate surface area is 168 Å². The van der Waals surface area contributed by atoms with Gasteiger partial charge in [-0.3, -0.25) is 9.80 Å².